The van der Waals surface area contributed by atoms with E-state index in [4.69, 9.17) is 16.3 Å². The molecule has 0 atom stereocenters. The van der Waals surface area contributed by atoms with Crippen molar-refractivity contribution in [1.29, 1.82) is 0 Å². The highest BCUT2D eigenvalue weighted by Gasteiger charge is 2.32. The lowest BCUT2D eigenvalue weighted by molar-refractivity contribution is -0.134. The first-order valence-electron chi connectivity index (χ1n) is 6.78. The third-order valence-electron chi connectivity index (χ3n) is 3.50. The van der Waals surface area contributed by atoms with E-state index >= 15 is 0 Å². The van der Waals surface area contributed by atoms with E-state index in [0.29, 0.717) is 23.2 Å². The quantitative estimate of drug-likeness (QED) is 0.877. The Bertz CT molecular complexity index is 467. The molecule has 0 aromatic heterocycles. The predicted octanol–water partition coefficient (Wildman–Crippen LogP) is 2.38. The van der Waals surface area contributed by atoms with Crippen molar-refractivity contribution in [3.05, 3.63) is 29.3 Å². The van der Waals surface area contributed by atoms with Gasteiger partial charge in [-0.15, -0.1) is 0 Å². The van der Waals surface area contributed by atoms with Crippen molar-refractivity contribution in [2.75, 3.05) is 6.54 Å². The molecule has 20 heavy (non-hydrogen) atoms. The molecule has 1 aliphatic carbocycles. The molecule has 2 rings (SSSR count). The molecule has 0 unspecified atom stereocenters. The molecule has 1 amide bonds. The number of carbonyl (C=O) groups excluding carboxylic acids is 1. The number of benzene rings is 1. The van der Waals surface area contributed by atoms with Crippen LogP contribution in [0, 0.1) is 5.92 Å². The summed E-state index contributed by atoms with van der Waals surface area (Å²) in [5, 5.41) is 12.7. The Kier molecular flexibility index (Phi) is 4.55. The largest absolute Gasteiger partial charge is 0.478 e. The lowest BCUT2D eigenvalue weighted by Crippen LogP contribution is -2.49. The zero-order valence-electron chi connectivity index (χ0n) is 11.7. The molecule has 1 aromatic rings. The van der Waals surface area contributed by atoms with E-state index < -0.39 is 5.60 Å². The van der Waals surface area contributed by atoms with Gasteiger partial charge in [0.1, 0.15) is 5.75 Å². The molecule has 1 aliphatic rings. The molecular weight excluding hydrogens is 278 g/mol. The van der Waals surface area contributed by atoms with Gasteiger partial charge in [0.05, 0.1) is 6.10 Å². The van der Waals surface area contributed by atoms with E-state index in [0.717, 1.165) is 12.8 Å². The van der Waals surface area contributed by atoms with E-state index in [-0.39, 0.29) is 12.0 Å². The third-order valence-corrected chi connectivity index (χ3v) is 3.75. The fourth-order valence-electron chi connectivity index (χ4n) is 2.16. The lowest BCUT2D eigenvalue weighted by atomic mass is 9.82. The minimum absolute atomic E-state index is 0.158. The zero-order chi connectivity index (χ0) is 14.8. The van der Waals surface area contributed by atoms with Crippen molar-refractivity contribution in [3.8, 4) is 5.75 Å². The molecule has 5 heteroatoms. The Balaban J connectivity index is 1.85. The molecule has 2 N–H and O–H groups in total. The topological polar surface area (TPSA) is 58.6 Å². The summed E-state index contributed by atoms with van der Waals surface area (Å²) in [4.78, 5) is 12.1. The van der Waals surface area contributed by atoms with Gasteiger partial charge in [-0.3, -0.25) is 4.79 Å². The second-order valence-corrected chi connectivity index (χ2v) is 6.20. The van der Waals surface area contributed by atoms with E-state index in [9.17, 15) is 9.90 Å². The molecule has 110 valence electrons. The third kappa shape index (κ3) is 3.87. The normalized spacial score (nSPS) is 22.0. The number of rotatable bonds is 5. The maximum Gasteiger partial charge on any atom is 0.263 e. The van der Waals surface area contributed by atoms with Gasteiger partial charge in [-0.1, -0.05) is 11.6 Å². The molecule has 0 spiro atoms. The van der Waals surface area contributed by atoms with Gasteiger partial charge in [0, 0.05) is 11.6 Å². The van der Waals surface area contributed by atoms with Gasteiger partial charge in [0.25, 0.3) is 5.91 Å². The molecule has 1 fully saturated rings. The van der Waals surface area contributed by atoms with Gasteiger partial charge < -0.3 is 15.2 Å². The average Bonchev–Trinajstić information content (AvgIpc) is 2.35. The Labute approximate surface area is 124 Å². The van der Waals surface area contributed by atoms with Crippen LogP contribution in [-0.4, -0.2) is 29.3 Å². The molecule has 0 bridgehead atoms. The zero-order valence-corrected chi connectivity index (χ0v) is 12.5. The first-order valence-corrected chi connectivity index (χ1v) is 7.15. The van der Waals surface area contributed by atoms with Crippen LogP contribution >= 0.6 is 11.6 Å². The first-order chi connectivity index (χ1) is 9.37. The summed E-state index contributed by atoms with van der Waals surface area (Å²) < 4.78 is 5.70. The Morgan fingerprint density at radius 1 is 1.40 bits per heavy atom. The number of aliphatic hydroxyl groups is 1. The summed E-state index contributed by atoms with van der Waals surface area (Å²) in [6, 6.07) is 6.92. The lowest BCUT2D eigenvalue weighted by Gasteiger charge is -2.33. The molecule has 1 saturated carbocycles. The minimum atomic E-state index is -0.948. The average molecular weight is 298 g/mol. The van der Waals surface area contributed by atoms with E-state index in [2.05, 4.69) is 5.32 Å². The van der Waals surface area contributed by atoms with E-state index in [1.54, 1.807) is 38.1 Å². The number of hydrogen-bond acceptors (Lipinski definition) is 3. The highest BCUT2D eigenvalue weighted by Crippen LogP contribution is 2.26. The Hall–Kier alpha value is -1.26. The molecule has 0 heterocycles. The number of ether oxygens (including phenoxy) is 1. The SMILES string of the molecule is CC(C)(Oc1ccc(Cl)cc1)C(=O)NCC1CC(O)C1. The van der Waals surface area contributed by atoms with Crippen molar-refractivity contribution in [1.82, 2.24) is 5.32 Å². The molecular formula is C15H20ClNO3. The van der Waals surface area contributed by atoms with Crippen LogP contribution in [-0.2, 0) is 4.79 Å². The van der Waals surface area contributed by atoms with Crippen LogP contribution in [0.25, 0.3) is 0 Å². The fraction of sp³-hybridized carbons (Fsp3) is 0.533. The molecule has 0 saturated heterocycles. The first kappa shape index (κ1) is 15.1. The van der Waals surface area contributed by atoms with Gasteiger partial charge in [-0.05, 0) is 56.9 Å². The van der Waals surface area contributed by atoms with Crippen LogP contribution < -0.4 is 10.1 Å². The van der Waals surface area contributed by atoms with E-state index in [1.807, 2.05) is 0 Å². The number of aliphatic hydroxyl groups excluding tert-OH is 1. The van der Waals surface area contributed by atoms with Crippen LogP contribution in [0.3, 0.4) is 0 Å². The van der Waals surface area contributed by atoms with Crippen molar-refractivity contribution in [2.45, 2.75) is 38.4 Å². The predicted molar refractivity (Wildman–Crippen MR) is 77.9 cm³/mol. The maximum absolute atomic E-state index is 12.1. The summed E-state index contributed by atoms with van der Waals surface area (Å²) in [7, 11) is 0. The highest BCUT2D eigenvalue weighted by molar-refractivity contribution is 6.30. The van der Waals surface area contributed by atoms with Crippen LogP contribution in [0.5, 0.6) is 5.75 Å². The van der Waals surface area contributed by atoms with Crippen LogP contribution in [0.1, 0.15) is 26.7 Å². The van der Waals surface area contributed by atoms with Crippen molar-refractivity contribution in [2.24, 2.45) is 5.92 Å². The smallest absolute Gasteiger partial charge is 0.263 e. The van der Waals surface area contributed by atoms with Gasteiger partial charge in [-0.25, -0.2) is 0 Å². The van der Waals surface area contributed by atoms with Crippen LogP contribution in [0.4, 0.5) is 0 Å². The van der Waals surface area contributed by atoms with Crippen LogP contribution in [0.15, 0.2) is 24.3 Å². The summed E-state index contributed by atoms with van der Waals surface area (Å²) in [6.07, 6.45) is 1.33. The standard InChI is InChI=1S/C15H20ClNO3/c1-15(2,20-13-5-3-11(16)4-6-13)14(19)17-9-10-7-12(18)8-10/h3-6,10,12,18H,7-9H2,1-2H3,(H,17,19). The second kappa shape index (κ2) is 6.02. The minimum Gasteiger partial charge on any atom is -0.478 e. The Morgan fingerprint density at radius 3 is 2.55 bits per heavy atom. The maximum atomic E-state index is 12.1. The molecule has 4 nitrogen and oxygen atoms in total. The van der Waals surface area contributed by atoms with Crippen molar-refractivity contribution >= 4 is 17.5 Å². The van der Waals surface area contributed by atoms with Crippen LogP contribution in [0.2, 0.25) is 5.02 Å². The summed E-state index contributed by atoms with van der Waals surface area (Å²) in [5.74, 6) is 0.822. The van der Waals surface area contributed by atoms with Crippen molar-refractivity contribution < 1.29 is 14.6 Å². The van der Waals surface area contributed by atoms with Gasteiger partial charge in [0.15, 0.2) is 5.60 Å². The number of amides is 1. The van der Waals surface area contributed by atoms with E-state index in [1.165, 1.54) is 0 Å². The second-order valence-electron chi connectivity index (χ2n) is 5.77. The number of carbonyl (C=O) groups is 1. The fourth-order valence-corrected chi connectivity index (χ4v) is 2.29. The Morgan fingerprint density at radius 2 is 2.00 bits per heavy atom. The number of nitrogens with one attached hydrogen (secondary N) is 1. The number of halogens is 1. The molecule has 0 radical (unpaired) electrons. The summed E-state index contributed by atoms with van der Waals surface area (Å²) in [6.45, 7) is 4.04. The highest BCUT2D eigenvalue weighted by atomic mass is 35.5. The summed E-state index contributed by atoms with van der Waals surface area (Å²) in [5.41, 5.74) is -0.948. The van der Waals surface area contributed by atoms with Crippen molar-refractivity contribution in [3.63, 3.8) is 0 Å². The molecule has 1 aromatic carbocycles. The van der Waals surface area contributed by atoms with Gasteiger partial charge in [-0.2, -0.15) is 0 Å². The monoisotopic (exact) mass is 297 g/mol. The number of hydrogen-bond donors (Lipinski definition) is 2. The summed E-state index contributed by atoms with van der Waals surface area (Å²) >= 11 is 5.81. The molecule has 0 aliphatic heterocycles. The van der Waals surface area contributed by atoms with Gasteiger partial charge in [0.2, 0.25) is 0 Å². The van der Waals surface area contributed by atoms with Gasteiger partial charge >= 0.3 is 0 Å².